The summed E-state index contributed by atoms with van der Waals surface area (Å²) in [5.74, 6) is 0. The summed E-state index contributed by atoms with van der Waals surface area (Å²) < 4.78 is 13.7. The van der Waals surface area contributed by atoms with Crippen LogP contribution < -0.4 is 0 Å². The molecule has 0 aromatic carbocycles. The van der Waals surface area contributed by atoms with Crippen LogP contribution in [0.3, 0.4) is 0 Å². The molecule has 0 bridgehead atoms. The van der Waals surface area contributed by atoms with Gasteiger partial charge in [-0.3, -0.25) is 0 Å². The molecule has 0 saturated carbocycles. The fourth-order valence-electron chi connectivity index (χ4n) is 0.189. The molecule has 0 heterocycles. The molecule has 0 aliphatic rings. The minimum atomic E-state index is -1.80. The van der Waals surface area contributed by atoms with Gasteiger partial charge in [-0.1, -0.05) is 0 Å². The van der Waals surface area contributed by atoms with Gasteiger partial charge in [0.1, 0.15) is 0 Å². The normalized spacial score (nSPS) is 11.5. The molecule has 0 nitrogen and oxygen atoms in total. The summed E-state index contributed by atoms with van der Waals surface area (Å²) in [7, 11) is 0. The van der Waals surface area contributed by atoms with E-state index < -0.39 is 20.4 Å². The van der Waals surface area contributed by atoms with Gasteiger partial charge >= 0.3 is 46.0 Å². The van der Waals surface area contributed by atoms with E-state index >= 15 is 0 Å². The van der Waals surface area contributed by atoms with Crippen molar-refractivity contribution in [1.82, 2.24) is 0 Å². The molecule has 0 spiro atoms. The van der Waals surface area contributed by atoms with E-state index in [4.69, 9.17) is 0 Å². The van der Waals surface area contributed by atoms with Crippen LogP contribution in [-0.2, 0) is 0 Å². The molecule has 0 aliphatic carbocycles. The van der Waals surface area contributed by atoms with E-state index in [9.17, 15) is 2.86 Å². The standard InChI is InChI=1S/C4H10FI/c1-3-6(5)4-2/h3-4H2,1-2H3. The Labute approximate surface area is 46.3 Å². The molecule has 0 atom stereocenters. The van der Waals surface area contributed by atoms with E-state index in [-0.39, 0.29) is 0 Å². The van der Waals surface area contributed by atoms with Crippen LogP contribution in [0.25, 0.3) is 0 Å². The molecule has 0 aromatic rings. The molecule has 0 amide bonds. The van der Waals surface area contributed by atoms with Crippen LogP contribution in [0.2, 0.25) is 0 Å². The van der Waals surface area contributed by atoms with Gasteiger partial charge in [-0.05, 0) is 0 Å². The Morgan fingerprint density at radius 2 is 1.67 bits per heavy atom. The second-order valence-electron chi connectivity index (χ2n) is 0.926. The monoisotopic (exact) mass is 204 g/mol. The maximum atomic E-state index is 12.0. The number of hydrogen-bond acceptors (Lipinski definition) is 0. The molecule has 0 aliphatic heterocycles. The third-order valence-corrected chi connectivity index (χ3v) is 3.89. The van der Waals surface area contributed by atoms with Gasteiger partial charge in [0, 0.05) is 0 Å². The molecular weight excluding hydrogens is 194 g/mol. The minimum absolute atomic E-state index is 0.820. The molecule has 0 rings (SSSR count). The van der Waals surface area contributed by atoms with Crippen LogP contribution in [0.5, 0.6) is 0 Å². The predicted molar refractivity (Wildman–Crippen MR) is 36.2 cm³/mol. The first-order chi connectivity index (χ1) is 2.81. The summed E-state index contributed by atoms with van der Waals surface area (Å²) in [5, 5.41) is 0. The van der Waals surface area contributed by atoms with Crippen molar-refractivity contribution in [3.8, 4) is 0 Å². The zero-order valence-electron chi connectivity index (χ0n) is 4.17. The SMILES string of the molecule is CCI(F)CC. The van der Waals surface area contributed by atoms with Crippen LogP contribution in [-0.4, -0.2) is 8.86 Å². The molecule has 0 saturated heterocycles. The van der Waals surface area contributed by atoms with Crippen molar-refractivity contribution in [3.05, 3.63) is 0 Å². The number of halogens is 2. The molecule has 0 fully saturated rings. The Hall–Kier alpha value is 0.660. The van der Waals surface area contributed by atoms with Gasteiger partial charge in [-0.15, -0.1) is 0 Å². The number of hydrogen-bond donors (Lipinski definition) is 0. The second-order valence-corrected chi connectivity index (χ2v) is 6.21. The van der Waals surface area contributed by atoms with E-state index in [1.54, 1.807) is 0 Å². The van der Waals surface area contributed by atoms with Gasteiger partial charge in [-0.25, -0.2) is 0 Å². The summed E-state index contributed by atoms with van der Waals surface area (Å²) >= 11 is -1.80. The first-order valence-electron chi connectivity index (χ1n) is 2.09. The molecule has 2 heteroatoms. The first-order valence-corrected chi connectivity index (χ1v) is 5.96. The van der Waals surface area contributed by atoms with Crippen molar-refractivity contribution < 1.29 is 2.86 Å². The molecule has 6 heavy (non-hydrogen) atoms. The van der Waals surface area contributed by atoms with Gasteiger partial charge in [0.15, 0.2) is 0 Å². The van der Waals surface area contributed by atoms with Gasteiger partial charge in [-0.2, -0.15) is 0 Å². The van der Waals surface area contributed by atoms with Crippen molar-refractivity contribution in [2.45, 2.75) is 13.8 Å². The van der Waals surface area contributed by atoms with E-state index in [1.165, 1.54) is 0 Å². The van der Waals surface area contributed by atoms with Crippen LogP contribution in [0.15, 0.2) is 0 Å². The Morgan fingerprint density at radius 3 is 1.67 bits per heavy atom. The van der Waals surface area contributed by atoms with Crippen molar-refractivity contribution in [3.63, 3.8) is 0 Å². The Bertz CT molecular complexity index is 26.7. The number of rotatable bonds is 2. The Morgan fingerprint density at radius 1 is 1.33 bits per heavy atom. The van der Waals surface area contributed by atoms with Gasteiger partial charge in [0.05, 0.1) is 0 Å². The summed E-state index contributed by atoms with van der Waals surface area (Å²) in [4.78, 5) is 0. The first kappa shape index (κ1) is 6.66. The van der Waals surface area contributed by atoms with Crippen LogP contribution >= 0.6 is 20.4 Å². The fourth-order valence-corrected chi connectivity index (χ4v) is 1.27. The van der Waals surface area contributed by atoms with E-state index in [0.29, 0.717) is 0 Å². The summed E-state index contributed by atoms with van der Waals surface area (Å²) in [5.41, 5.74) is 0. The summed E-state index contributed by atoms with van der Waals surface area (Å²) in [6.45, 7) is 3.85. The summed E-state index contributed by atoms with van der Waals surface area (Å²) in [6.07, 6.45) is 0. The van der Waals surface area contributed by atoms with Crippen molar-refractivity contribution >= 4 is 20.4 Å². The van der Waals surface area contributed by atoms with E-state index in [0.717, 1.165) is 8.86 Å². The third-order valence-electron chi connectivity index (χ3n) is 0.580. The number of alkyl halides is 2. The topological polar surface area (TPSA) is 0 Å². The average molecular weight is 204 g/mol. The zero-order valence-corrected chi connectivity index (χ0v) is 6.33. The van der Waals surface area contributed by atoms with Gasteiger partial charge in [0.25, 0.3) is 0 Å². The predicted octanol–water partition coefficient (Wildman–Crippen LogP) is 2.42. The van der Waals surface area contributed by atoms with Crippen molar-refractivity contribution in [1.29, 1.82) is 0 Å². The molecular formula is C4H10FI. The summed E-state index contributed by atoms with van der Waals surface area (Å²) in [6, 6.07) is 0. The van der Waals surface area contributed by atoms with Crippen molar-refractivity contribution in [2.24, 2.45) is 0 Å². The third kappa shape index (κ3) is 2.87. The van der Waals surface area contributed by atoms with Crippen molar-refractivity contribution in [2.75, 3.05) is 8.86 Å². The van der Waals surface area contributed by atoms with Crippen LogP contribution in [0.1, 0.15) is 13.8 Å². The average Bonchev–Trinajstić information content (AvgIpc) is 1.65. The molecule has 0 aromatic heterocycles. The zero-order chi connectivity index (χ0) is 4.99. The van der Waals surface area contributed by atoms with Gasteiger partial charge in [0.2, 0.25) is 0 Å². The van der Waals surface area contributed by atoms with E-state index in [1.807, 2.05) is 13.8 Å². The molecule has 0 N–H and O–H groups in total. The van der Waals surface area contributed by atoms with Crippen LogP contribution in [0.4, 0.5) is 2.86 Å². The van der Waals surface area contributed by atoms with Crippen LogP contribution in [0, 0.1) is 0 Å². The van der Waals surface area contributed by atoms with Gasteiger partial charge < -0.3 is 0 Å². The fraction of sp³-hybridized carbons (Fsp3) is 1.00. The molecule has 0 unspecified atom stereocenters. The molecule has 0 radical (unpaired) electrons. The second kappa shape index (κ2) is 3.84. The quantitative estimate of drug-likeness (QED) is 0.478. The Kier molecular flexibility index (Phi) is 4.26. The maximum absolute atomic E-state index is 12.0. The van der Waals surface area contributed by atoms with E-state index in [2.05, 4.69) is 0 Å². The molecule has 40 valence electrons. The Balaban J connectivity index is 2.75.